The molecule has 1 aliphatic carbocycles. The normalized spacial score (nSPS) is 21.4. The van der Waals surface area contributed by atoms with Crippen LogP contribution in [0.15, 0.2) is 52.8 Å². The lowest BCUT2D eigenvalue weighted by Crippen LogP contribution is -2.40. The molecule has 3 heterocycles. The molecule has 5 nitrogen and oxygen atoms in total. The van der Waals surface area contributed by atoms with Crippen LogP contribution in [0.1, 0.15) is 37.8 Å². The highest BCUT2D eigenvalue weighted by molar-refractivity contribution is 8.18. The molecular formula is C20H19ClN4OS. The minimum Gasteiger partial charge on any atom is -0.283 e. The smallest absolute Gasteiger partial charge is 0.267 e. The van der Waals surface area contributed by atoms with E-state index in [0.717, 1.165) is 31.4 Å². The lowest BCUT2D eigenvalue weighted by molar-refractivity contribution is -0.124. The molecule has 0 bridgehead atoms. The van der Waals surface area contributed by atoms with E-state index in [1.807, 2.05) is 29.2 Å². The van der Waals surface area contributed by atoms with Gasteiger partial charge >= 0.3 is 0 Å². The van der Waals surface area contributed by atoms with Gasteiger partial charge < -0.3 is 0 Å². The second-order valence-corrected chi connectivity index (χ2v) is 7.97. The zero-order valence-electron chi connectivity index (χ0n) is 14.7. The Kier molecular flexibility index (Phi) is 5.55. The third-order valence-corrected chi connectivity index (χ3v) is 5.98. The van der Waals surface area contributed by atoms with Gasteiger partial charge in [0, 0.05) is 24.6 Å². The number of pyridine rings is 2. The first-order chi connectivity index (χ1) is 13.2. The number of carbonyl (C=O) groups excluding carboxylic acids is 1. The van der Waals surface area contributed by atoms with Crippen molar-refractivity contribution >= 4 is 46.2 Å². The molecule has 0 aromatic carbocycles. The number of rotatable bonds is 3. The van der Waals surface area contributed by atoms with E-state index in [2.05, 4.69) is 9.97 Å². The highest BCUT2D eigenvalue weighted by atomic mass is 35.5. The summed E-state index contributed by atoms with van der Waals surface area (Å²) in [5, 5.41) is 1.16. The number of aromatic nitrogens is 2. The fourth-order valence-electron chi connectivity index (χ4n) is 3.38. The van der Waals surface area contributed by atoms with E-state index in [-0.39, 0.29) is 11.9 Å². The second-order valence-electron chi connectivity index (χ2n) is 6.55. The Bertz CT molecular complexity index is 894. The number of hydrogen-bond acceptors (Lipinski definition) is 5. The van der Waals surface area contributed by atoms with Crippen molar-refractivity contribution in [2.24, 2.45) is 4.99 Å². The molecule has 2 aromatic rings. The topological polar surface area (TPSA) is 58.5 Å². The molecule has 0 N–H and O–H groups in total. The zero-order chi connectivity index (χ0) is 18.6. The summed E-state index contributed by atoms with van der Waals surface area (Å²) in [4.78, 5) is 28.7. The molecule has 2 aliphatic rings. The molecule has 2 aromatic heterocycles. The third kappa shape index (κ3) is 4.06. The third-order valence-electron chi connectivity index (χ3n) is 4.71. The first-order valence-corrected chi connectivity index (χ1v) is 10.2. The maximum absolute atomic E-state index is 13.2. The average Bonchev–Trinajstić information content (AvgIpc) is 3.00. The van der Waals surface area contributed by atoms with Gasteiger partial charge in [-0.2, -0.15) is 0 Å². The molecule has 1 saturated carbocycles. The molecular weight excluding hydrogens is 380 g/mol. The highest BCUT2D eigenvalue weighted by Gasteiger charge is 2.38. The first-order valence-electron chi connectivity index (χ1n) is 9.05. The summed E-state index contributed by atoms with van der Waals surface area (Å²) in [6.07, 6.45) is 12.3. The molecule has 27 heavy (non-hydrogen) atoms. The molecule has 1 aliphatic heterocycles. The fraction of sp³-hybridized carbons (Fsp3) is 0.300. The molecule has 1 saturated heterocycles. The van der Waals surface area contributed by atoms with Crippen LogP contribution in [0.2, 0.25) is 5.02 Å². The fourth-order valence-corrected chi connectivity index (χ4v) is 4.58. The molecule has 0 radical (unpaired) electrons. The average molecular weight is 399 g/mol. The van der Waals surface area contributed by atoms with Gasteiger partial charge in [-0.05, 0) is 48.9 Å². The minimum atomic E-state index is 0.00137. The van der Waals surface area contributed by atoms with Crippen molar-refractivity contribution in [2.45, 2.75) is 38.1 Å². The number of nitrogens with zero attached hydrogens (tertiary/aromatic N) is 4. The number of hydrogen-bond donors (Lipinski definition) is 0. The summed E-state index contributed by atoms with van der Waals surface area (Å²) in [5.74, 6) is 0.00137. The van der Waals surface area contributed by atoms with Gasteiger partial charge in [-0.3, -0.25) is 19.7 Å². The zero-order valence-corrected chi connectivity index (χ0v) is 16.3. The van der Waals surface area contributed by atoms with Crippen LogP contribution in [-0.4, -0.2) is 32.0 Å². The van der Waals surface area contributed by atoms with Crippen LogP contribution in [-0.2, 0) is 4.79 Å². The summed E-state index contributed by atoms with van der Waals surface area (Å²) in [6.45, 7) is 0. The van der Waals surface area contributed by atoms with Gasteiger partial charge in [0.15, 0.2) is 5.17 Å². The number of carbonyl (C=O) groups is 1. The molecule has 138 valence electrons. The second kappa shape index (κ2) is 8.23. The summed E-state index contributed by atoms with van der Waals surface area (Å²) < 4.78 is 0. The number of thioether (sulfide) groups is 1. The van der Waals surface area contributed by atoms with Gasteiger partial charge in [0.1, 0.15) is 0 Å². The van der Waals surface area contributed by atoms with E-state index < -0.39 is 0 Å². The molecule has 0 unspecified atom stereocenters. The van der Waals surface area contributed by atoms with Crippen LogP contribution in [0.4, 0.5) is 5.69 Å². The van der Waals surface area contributed by atoms with Crippen LogP contribution in [0, 0.1) is 0 Å². The van der Waals surface area contributed by atoms with Crippen LogP contribution >= 0.6 is 23.4 Å². The first kappa shape index (κ1) is 18.2. The summed E-state index contributed by atoms with van der Waals surface area (Å²) in [6, 6.07) is 7.61. The predicted molar refractivity (Wildman–Crippen MR) is 110 cm³/mol. The van der Waals surface area contributed by atoms with Crippen LogP contribution in [0.5, 0.6) is 0 Å². The molecule has 0 atom stereocenters. The number of amidine groups is 1. The SMILES string of the molecule is O=C1/C(=C/c2ccccn2)SC(=Nc2ccncc2Cl)N1C1CCCCC1. The highest BCUT2D eigenvalue weighted by Crippen LogP contribution is 2.39. The van der Waals surface area contributed by atoms with Gasteiger partial charge in [0.2, 0.25) is 0 Å². The van der Waals surface area contributed by atoms with Crippen molar-refractivity contribution in [3.05, 3.63) is 58.5 Å². The Morgan fingerprint density at radius 2 is 2.04 bits per heavy atom. The van der Waals surface area contributed by atoms with Crippen molar-refractivity contribution in [1.29, 1.82) is 0 Å². The largest absolute Gasteiger partial charge is 0.283 e. The maximum atomic E-state index is 13.2. The van der Waals surface area contributed by atoms with Gasteiger partial charge in [0.05, 0.1) is 21.3 Å². The van der Waals surface area contributed by atoms with Gasteiger partial charge in [0.25, 0.3) is 5.91 Å². The van der Waals surface area contributed by atoms with Crippen molar-refractivity contribution < 1.29 is 4.79 Å². The Balaban J connectivity index is 1.72. The number of amides is 1. The number of aliphatic imine (C=N–C) groups is 1. The molecule has 2 fully saturated rings. The van der Waals surface area contributed by atoms with Crippen molar-refractivity contribution in [2.75, 3.05) is 0 Å². The van der Waals surface area contributed by atoms with E-state index in [0.29, 0.717) is 20.8 Å². The molecule has 0 spiro atoms. The van der Waals surface area contributed by atoms with Crippen LogP contribution < -0.4 is 0 Å². The molecule has 1 amide bonds. The lowest BCUT2D eigenvalue weighted by Gasteiger charge is -2.30. The van der Waals surface area contributed by atoms with E-state index >= 15 is 0 Å². The summed E-state index contributed by atoms with van der Waals surface area (Å²) in [7, 11) is 0. The van der Waals surface area contributed by atoms with Crippen LogP contribution in [0.3, 0.4) is 0 Å². The molecule has 4 rings (SSSR count). The standard InChI is InChI=1S/C20H19ClN4OS/c21-16-13-22-11-9-17(16)24-20-25(15-7-2-1-3-8-15)19(26)18(27-20)12-14-6-4-5-10-23-14/h4-6,9-13,15H,1-3,7-8H2/b18-12-,24-20?. The Morgan fingerprint density at radius 3 is 2.78 bits per heavy atom. The number of halogens is 1. The Hall–Kier alpha value is -2.18. The summed E-state index contributed by atoms with van der Waals surface area (Å²) >= 11 is 7.62. The van der Waals surface area contributed by atoms with Crippen molar-refractivity contribution in [1.82, 2.24) is 14.9 Å². The Morgan fingerprint density at radius 1 is 1.19 bits per heavy atom. The lowest BCUT2D eigenvalue weighted by atomic mass is 9.94. The van der Waals surface area contributed by atoms with Gasteiger partial charge in [-0.15, -0.1) is 0 Å². The maximum Gasteiger partial charge on any atom is 0.267 e. The van der Waals surface area contributed by atoms with Gasteiger partial charge in [-0.25, -0.2) is 4.99 Å². The van der Waals surface area contributed by atoms with Gasteiger partial charge in [-0.1, -0.05) is 36.9 Å². The van der Waals surface area contributed by atoms with E-state index in [1.54, 1.807) is 24.7 Å². The van der Waals surface area contributed by atoms with E-state index in [1.165, 1.54) is 18.2 Å². The summed E-state index contributed by atoms with van der Waals surface area (Å²) in [5.41, 5.74) is 1.39. The quantitative estimate of drug-likeness (QED) is 0.677. The monoisotopic (exact) mass is 398 g/mol. The Labute approximate surface area is 167 Å². The predicted octanol–water partition coefficient (Wildman–Crippen LogP) is 5.07. The van der Waals surface area contributed by atoms with Crippen molar-refractivity contribution in [3.63, 3.8) is 0 Å². The van der Waals surface area contributed by atoms with E-state index in [9.17, 15) is 4.79 Å². The van der Waals surface area contributed by atoms with Crippen LogP contribution in [0.25, 0.3) is 6.08 Å². The van der Waals surface area contributed by atoms with Crippen molar-refractivity contribution in [3.8, 4) is 0 Å². The minimum absolute atomic E-state index is 0.00137. The van der Waals surface area contributed by atoms with E-state index in [4.69, 9.17) is 16.6 Å². The molecule has 7 heteroatoms.